The Labute approximate surface area is 184 Å². The molecule has 0 bridgehead atoms. The molecule has 29 heavy (non-hydrogen) atoms. The molecule has 0 fully saturated rings. The van der Waals surface area contributed by atoms with Gasteiger partial charge in [0.1, 0.15) is 5.75 Å². The molecular weight excluding hydrogens is 409 g/mol. The molecule has 1 aromatic carbocycles. The van der Waals surface area contributed by atoms with Crippen LogP contribution in [0.2, 0.25) is 0 Å². The van der Waals surface area contributed by atoms with Crippen LogP contribution in [0.4, 0.5) is 0 Å². The summed E-state index contributed by atoms with van der Waals surface area (Å²) in [5.41, 5.74) is 1.65. The van der Waals surface area contributed by atoms with E-state index in [2.05, 4.69) is 25.8 Å². The predicted molar refractivity (Wildman–Crippen MR) is 113 cm³/mol. The second-order valence-electron chi connectivity index (χ2n) is 9.85. The normalized spacial score (nSPS) is 13.0. The number of carboxylic acid groups (broad SMARTS) is 1. The number of carbonyl (C=O) groups is 1. The summed E-state index contributed by atoms with van der Waals surface area (Å²) in [5.74, 6) is -0.798. The van der Waals surface area contributed by atoms with Gasteiger partial charge >= 0.3 is 27.0 Å². The molecule has 0 aliphatic heterocycles. The molecule has 165 valence electrons. The average molecular weight is 446 g/mol. The molecule has 0 amide bonds. The fourth-order valence-corrected chi connectivity index (χ4v) is 2.57. The first-order valence-corrected chi connectivity index (χ1v) is 9.89. The van der Waals surface area contributed by atoms with Gasteiger partial charge in [0, 0.05) is 24.5 Å². The number of aromatic hydroxyl groups is 1. The van der Waals surface area contributed by atoms with Crippen molar-refractivity contribution in [2.45, 2.75) is 79.2 Å². The van der Waals surface area contributed by atoms with Crippen LogP contribution >= 0.6 is 0 Å². The molecule has 0 heterocycles. The van der Waals surface area contributed by atoms with Crippen LogP contribution < -0.4 is 0 Å². The van der Waals surface area contributed by atoms with Gasteiger partial charge in [0.15, 0.2) is 6.04 Å². The van der Waals surface area contributed by atoms with Gasteiger partial charge in [-0.1, -0.05) is 68.4 Å². The molecule has 1 rings (SSSR count). The number of carboxylic acids is 1. The molecule has 0 radical (unpaired) electrons. The number of aliphatic hydroxyl groups excluding tert-OH is 1. The number of nitrogens with zero attached hydrogens (tertiary/aromatic N) is 1. The predicted octanol–water partition coefficient (Wildman–Crippen LogP) is 4.39. The number of phenolic OH excluding ortho intramolecular Hbond substituents is 1. The Morgan fingerprint density at radius 3 is 1.72 bits per heavy atom. The summed E-state index contributed by atoms with van der Waals surface area (Å²) in [6.07, 6.45) is 1.50. The van der Waals surface area contributed by atoms with E-state index in [-0.39, 0.29) is 16.6 Å². The van der Waals surface area contributed by atoms with Crippen molar-refractivity contribution in [1.82, 2.24) is 0 Å². The minimum absolute atomic E-state index is 0.0908. The van der Waals surface area contributed by atoms with Gasteiger partial charge in [-0.3, -0.25) is 4.99 Å². The van der Waals surface area contributed by atoms with Crippen LogP contribution in [0.3, 0.4) is 0 Å². The Morgan fingerprint density at radius 1 is 0.966 bits per heavy atom. The van der Waals surface area contributed by atoms with Crippen molar-refractivity contribution in [1.29, 1.82) is 0 Å². The zero-order valence-electron chi connectivity index (χ0n) is 19.4. The van der Waals surface area contributed by atoms with Crippen LogP contribution in [-0.2, 0) is 36.7 Å². The molecule has 0 aromatic heterocycles. The molecule has 0 saturated carbocycles. The number of aliphatic hydroxyl groups is 1. The zero-order chi connectivity index (χ0) is 23.8. The Balaban J connectivity index is 0. The standard InChI is InChI=1S/C21H33NO3.CH4O.O.V/c1-19(2,3)14-10-13(16(23)15(11-14)20(4,5)6)12-22-17(18(24)25)21(7,8)9;1-2;;/h10-12,17,23H,1-9H3,(H,24,25);2H,1H3;;/t17-;;;/m1.../s1. The van der Waals surface area contributed by atoms with E-state index in [1.807, 2.05) is 53.7 Å². The Kier molecular flexibility index (Phi) is 11.9. The zero-order valence-corrected chi connectivity index (χ0v) is 20.8. The van der Waals surface area contributed by atoms with Crippen LogP contribution in [0.25, 0.3) is 0 Å². The fraction of sp³-hybridized carbons (Fsp3) is 0.636. The van der Waals surface area contributed by atoms with Crippen molar-refractivity contribution in [3.05, 3.63) is 28.8 Å². The van der Waals surface area contributed by atoms with Crippen molar-refractivity contribution in [3.8, 4) is 5.75 Å². The van der Waals surface area contributed by atoms with E-state index < -0.39 is 17.4 Å². The number of aliphatic carboxylic acids is 1. The fourth-order valence-electron chi connectivity index (χ4n) is 2.57. The Bertz CT molecular complexity index is 695. The molecular formula is C22H37NO5V. The topological polar surface area (TPSA) is 107 Å². The molecule has 6 nitrogen and oxygen atoms in total. The molecule has 7 heteroatoms. The van der Waals surface area contributed by atoms with Crippen molar-refractivity contribution in [2.24, 2.45) is 10.4 Å². The third kappa shape index (κ3) is 9.24. The van der Waals surface area contributed by atoms with Gasteiger partial charge in [-0.25, -0.2) is 4.79 Å². The van der Waals surface area contributed by atoms with Crippen LogP contribution in [0.15, 0.2) is 17.1 Å². The number of phenols is 1. The quantitative estimate of drug-likeness (QED) is 0.597. The van der Waals surface area contributed by atoms with Crippen LogP contribution in [0, 0.1) is 5.41 Å². The minimum atomic E-state index is -0.966. The first kappa shape index (κ1) is 29.7. The molecule has 0 unspecified atom stereocenters. The first-order valence-electron chi connectivity index (χ1n) is 9.32. The summed E-state index contributed by atoms with van der Waals surface area (Å²) >= 11 is 1.06. The first-order chi connectivity index (χ1) is 13.0. The second kappa shape index (κ2) is 11.6. The van der Waals surface area contributed by atoms with E-state index in [1.54, 1.807) is 0 Å². The van der Waals surface area contributed by atoms with E-state index in [0.29, 0.717) is 5.56 Å². The van der Waals surface area contributed by atoms with E-state index in [0.717, 1.165) is 35.6 Å². The third-order valence-corrected chi connectivity index (χ3v) is 4.23. The number of rotatable bonds is 3. The van der Waals surface area contributed by atoms with Gasteiger partial charge in [-0.05, 0) is 27.9 Å². The molecule has 0 spiro atoms. The number of benzene rings is 1. The van der Waals surface area contributed by atoms with Gasteiger partial charge in [-0.15, -0.1) is 0 Å². The van der Waals surface area contributed by atoms with Gasteiger partial charge in [0.2, 0.25) is 0 Å². The number of hydrogen-bond acceptors (Lipinski definition) is 5. The van der Waals surface area contributed by atoms with E-state index >= 15 is 0 Å². The van der Waals surface area contributed by atoms with Crippen molar-refractivity contribution < 1.29 is 41.2 Å². The van der Waals surface area contributed by atoms with Crippen LogP contribution in [0.1, 0.15) is 79.0 Å². The van der Waals surface area contributed by atoms with E-state index in [1.165, 1.54) is 6.21 Å². The van der Waals surface area contributed by atoms with Crippen LogP contribution in [0.5, 0.6) is 5.75 Å². The molecule has 0 aliphatic rings. The summed E-state index contributed by atoms with van der Waals surface area (Å²) in [7, 11) is 1.00. The Morgan fingerprint density at radius 2 is 1.41 bits per heavy atom. The summed E-state index contributed by atoms with van der Waals surface area (Å²) < 4.78 is 8.19. The Hall–Kier alpha value is -1.50. The van der Waals surface area contributed by atoms with Gasteiger partial charge in [0.05, 0.1) is 0 Å². The molecule has 1 aromatic rings. The van der Waals surface area contributed by atoms with Crippen LogP contribution in [-0.4, -0.2) is 40.7 Å². The van der Waals surface area contributed by atoms with E-state index in [9.17, 15) is 15.0 Å². The summed E-state index contributed by atoms with van der Waals surface area (Å²) in [4.78, 5) is 15.8. The van der Waals surface area contributed by atoms with Gasteiger partial charge in [-0.2, -0.15) is 0 Å². The second-order valence-corrected chi connectivity index (χ2v) is 9.85. The third-order valence-electron chi connectivity index (χ3n) is 4.23. The van der Waals surface area contributed by atoms with Gasteiger partial charge in [0.25, 0.3) is 0 Å². The SMILES string of the molecule is CC(C)(C)c1cc(C=N[C@H](C(=O)O)C(C)(C)C)c(O)c(C(C)(C)C)c1.CO.[O]=[V]. The number of hydrogen-bond donors (Lipinski definition) is 3. The molecule has 3 N–H and O–H groups in total. The maximum atomic E-state index is 11.5. The summed E-state index contributed by atoms with van der Waals surface area (Å²) in [6, 6.07) is 3.06. The molecule has 0 aliphatic carbocycles. The van der Waals surface area contributed by atoms with Crippen molar-refractivity contribution in [3.63, 3.8) is 0 Å². The summed E-state index contributed by atoms with van der Waals surface area (Å²) in [6.45, 7) is 18.0. The monoisotopic (exact) mass is 446 g/mol. The maximum absolute atomic E-state index is 11.5. The average Bonchev–Trinajstić information content (AvgIpc) is 2.56. The van der Waals surface area contributed by atoms with Gasteiger partial charge < -0.3 is 15.3 Å². The number of aliphatic imine (C=N–C) groups is 1. The van der Waals surface area contributed by atoms with Crippen molar-refractivity contribution >= 4 is 12.2 Å². The van der Waals surface area contributed by atoms with E-state index in [4.69, 9.17) is 8.78 Å². The molecule has 0 saturated heterocycles. The van der Waals surface area contributed by atoms with Crippen molar-refractivity contribution in [2.75, 3.05) is 7.11 Å². The summed E-state index contributed by atoms with van der Waals surface area (Å²) in [5, 5.41) is 27.2. The molecule has 1 atom stereocenters.